The Kier molecular flexibility index (Phi) is 5.17. The van der Waals surface area contributed by atoms with Crippen LogP contribution in [-0.2, 0) is 6.61 Å². The van der Waals surface area contributed by atoms with Crippen molar-refractivity contribution in [3.63, 3.8) is 0 Å². The quantitative estimate of drug-likeness (QED) is 0.322. The number of aromatic nitrogens is 2. The number of non-ortho nitro benzene ring substituents is 1. The van der Waals surface area contributed by atoms with Crippen LogP contribution < -0.4 is 4.74 Å². The van der Waals surface area contributed by atoms with Gasteiger partial charge < -0.3 is 9.26 Å². The highest BCUT2D eigenvalue weighted by atomic mass is 19.2. The maximum absolute atomic E-state index is 13.2. The fraction of sp³-hybridized carbons (Fsp3) is 0.0476. The van der Waals surface area contributed by atoms with E-state index in [0.717, 1.165) is 12.1 Å². The molecule has 1 heterocycles. The van der Waals surface area contributed by atoms with Crippen LogP contribution in [0, 0.1) is 21.7 Å². The van der Waals surface area contributed by atoms with Crippen LogP contribution in [0.25, 0.3) is 22.8 Å². The highest BCUT2D eigenvalue weighted by molar-refractivity contribution is 5.62. The second kappa shape index (κ2) is 8.08. The third kappa shape index (κ3) is 4.14. The molecule has 7 nitrogen and oxygen atoms in total. The van der Waals surface area contributed by atoms with Crippen molar-refractivity contribution < 1.29 is 23.0 Å². The normalized spacial score (nSPS) is 10.7. The van der Waals surface area contributed by atoms with Crippen molar-refractivity contribution in [1.82, 2.24) is 10.1 Å². The molecule has 0 bridgehead atoms. The van der Waals surface area contributed by atoms with E-state index in [0.29, 0.717) is 28.3 Å². The Morgan fingerprint density at radius 3 is 2.50 bits per heavy atom. The lowest BCUT2D eigenvalue weighted by molar-refractivity contribution is -0.384. The van der Waals surface area contributed by atoms with E-state index in [2.05, 4.69) is 10.1 Å². The number of benzene rings is 3. The van der Waals surface area contributed by atoms with E-state index in [-0.39, 0.29) is 18.2 Å². The molecule has 0 N–H and O–H groups in total. The Balaban J connectivity index is 1.46. The fourth-order valence-electron chi connectivity index (χ4n) is 2.71. The van der Waals surface area contributed by atoms with Crippen LogP contribution in [-0.4, -0.2) is 15.1 Å². The topological polar surface area (TPSA) is 91.3 Å². The molecule has 0 aliphatic heterocycles. The molecule has 0 saturated carbocycles. The van der Waals surface area contributed by atoms with Gasteiger partial charge in [0.1, 0.15) is 12.4 Å². The number of nitrogens with zero attached hydrogens (tertiary/aromatic N) is 3. The Labute approximate surface area is 168 Å². The standard InChI is InChI=1S/C21H13F2N3O4/c22-18-9-4-13(10-19(18)23)12-29-17-7-5-14(6-8-17)20-24-21(30-25-20)15-2-1-3-16(11-15)26(27)28/h1-11H,12H2. The van der Waals surface area contributed by atoms with E-state index in [1.54, 1.807) is 30.3 Å². The second-order valence-corrected chi connectivity index (χ2v) is 6.29. The molecule has 0 spiro atoms. The van der Waals surface area contributed by atoms with Crippen molar-refractivity contribution >= 4 is 5.69 Å². The summed E-state index contributed by atoms with van der Waals surface area (Å²) < 4.78 is 37.0. The van der Waals surface area contributed by atoms with Crippen molar-refractivity contribution in [3.8, 4) is 28.6 Å². The lowest BCUT2D eigenvalue weighted by atomic mass is 10.2. The molecular weight excluding hydrogens is 396 g/mol. The van der Waals surface area contributed by atoms with Crippen molar-refractivity contribution in [2.24, 2.45) is 0 Å². The minimum atomic E-state index is -0.928. The first-order valence-electron chi connectivity index (χ1n) is 8.75. The van der Waals surface area contributed by atoms with Crippen LogP contribution in [0.2, 0.25) is 0 Å². The first-order valence-corrected chi connectivity index (χ1v) is 8.75. The first kappa shape index (κ1) is 19.2. The summed E-state index contributed by atoms with van der Waals surface area (Å²) in [5.74, 6) is -0.849. The molecule has 4 rings (SSSR count). The Morgan fingerprint density at radius 1 is 0.967 bits per heavy atom. The Bertz CT molecular complexity index is 1210. The number of hydrogen-bond acceptors (Lipinski definition) is 6. The summed E-state index contributed by atoms with van der Waals surface area (Å²) in [5.41, 5.74) is 1.51. The largest absolute Gasteiger partial charge is 0.489 e. The summed E-state index contributed by atoms with van der Waals surface area (Å²) in [4.78, 5) is 14.7. The van der Waals surface area contributed by atoms with E-state index < -0.39 is 16.6 Å². The number of hydrogen-bond donors (Lipinski definition) is 0. The average Bonchev–Trinajstić information content (AvgIpc) is 3.25. The number of nitro groups is 1. The molecule has 0 amide bonds. The minimum Gasteiger partial charge on any atom is -0.489 e. The molecule has 1 aromatic heterocycles. The van der Waals surface area contributed by atoms with E-state index >= 15 is 0 Å². The van der Waals surface area contributed by atoms with Gasteiger partial charge in [0.05, 0.1) is 4.92 Å². The first-order chi connectivity index (χ1) is 14.5. The molecule has 0 unspecified atom stereocenters. The number of nitro benzene ring substituents is 1. The maximum Gasteiger partial charge on any atom is 0.270 e. The molecule has 0 fully saturated rings. The van der Waals surface area contributed by atoms with Crippen molar-refractivity contribution in [2.45, 2.75) is 6.61 Å². The minimum absolute atomic E-state index is 0.0743. The molecule has 9 heteroatoms. The summed E-state index contributed by atoms with van der Waals surface area (Å²) in [5, 5.41) is 14.8. The van der Waals surface area contributed by atoms with Crippen molar-refractivity contribution in [2.75, 3.05) is 0 Å². The lowest BCUT2D eigenvalue weighted by Crippen LogP contribution is -1.97. The van der Waals surface area contributed by atoms with Gasteiger partial charge in [0.15, 0.2) is 11.6 Å². The van der Waals surface area contributed by atoms with Crippen molar-refractivity contribution in [1.29, 1.82) is 0 Å². The van der Waals surface area contributed by atoms with E-state index in [1.807, 2.05) is 0 Å². The molecule has 4 aromatic rings. The third-order valence-corrected chi connectivity index (χ3v) is 4.23. The van der Waals surface area contributed by atoms with Crippen LogP contribution >= 0.6 is 0 Å². The fourth-order valence-corrected chi connectivity index (χ4v) is 2.71. The Hall–Kier alpha value is -4.14. The molecule has 0 aliphatic carbocycles. The van der Waals surface area contributed by atoms with E-state index in [1.165, 1.54) is 24.3 Å². The molecule has 0 aliphatic rings. The van der Waals surface area contributed by atoms with Gasteiger partial charge in [-0.1, -0.05) is 17.3 Å². The highest BCUT2D eigenvalue weighted by Gasteiger charge is 2.14. The van der Waals surface area contributed by atoms with Gasteiger partial charge >= 0.3 is 0 Å². The van der Waals surface area contributed by atoms with Gasteiger partial charge in [0.2, 0.25) is 5.82 Å². The second-order valence-electron chi connectivity index (χ2n) is 6.29. The number of ether oxygens (including phenoxy) is 1. The predicted molar refractivity (Wildman–Crippen MR) is 103 cm³/mol. The molecule has 0 saturated heterocycles. The smallest absolute Gasteiger partial charge is 0.270 e. The summed E-state index contributed by atoms with van der Waals surface area (Å²) in [6.45, 7) is 0.0791. The van der Waals surface area contributed by atoms with Gasteiger partial charge in [0, 0.05) is 23.3 Å². The molecular formula is C21H13F2N3O4. The van der Waals surface area contributed by atoms with E-state index in [4.69, 9.17) is 9.26 Å². The summed E-state index contributed by atoms with van der Waals surface area (Å²) >= 11 is 0. The molecule has 150 valence electrons. The van der Waals surface area contributed by atoms with Crippen LogP contribution in [0.3, 0.4) is 0 Å². The van der Waals surface area contributed by atoms with E-state index in [9.17, 15) is 18.9 Å². The molecule has 30 heavy (non-hydrogen) atoms. The van der Waals surface area contributed by atoms with Gasteiger partial charge in [-0.2, -0.15) is 4.98 Å². The highest BCUT2D eigenvalue weighted by Crippen LogP contribution is 2.26. The van der Waals surface area contributed by atoms with Gasteiger partial charge in [0.25, 0.3) is 11.6 Å². The van der Waals surface area contributed by atoms with Gasteiger partial charge in [-0.25, -0.2) is 8.78 Å². The molecule has 3 aromatic carbocycles. The van der Waals surface area contributed by atoms with Gasteiger partial charge in [-0.05, 0) is 48.0 Å². The number of rotatable bonds is 6. The SMILES string of the molecule is O=[N+]([O-])c1cccc(-c2nc(-c3ccc(OCc4ccc(F)c(F)c4)cc3)no2)c1. The maximum atomic E-state index is 13.2. The summed E-state index contributed by atoms with van der Waals surface area (Å²) in [7, 11) is 0. The van der Waals surface area contributed by atoms with Gasteiger partial charge in [-0.3, -0.25) is 10.1 Å². The molecule has 0 radical (unpaired) electrons. The summed E-state index contributed by atoms with van der Waals surface area (Å²) in [6.07, 6.45) is 0. The zero-order chi connectivity index (χ0) is 21.1. The monoisotopic (exact) mass is 409 g/mol. The Morgan fingerprint density at radius 2 is 1.77 bits per heavy atom. The molecule has 0 atom stereocenters. The van der Waals surface area contributed by atoms with Crippen LogP contribution in [0.1, 0.15) is 5.56 Å². The third-order valence-electron chi connectivity index (χ3n) is 4.23. The zero-order valence-corrected chi connectivity index (χ0v) is 15.3. The van der Waals surface area contributed by atoms with Crippen LogP contribution in [0.15, 0.2) is 71.3 Å². The van der Waals surface area contributed by atoms with Crippen molar-refractivity contribution in [3.05, 3.63) is 94.0 Å². The lowest BCUT2D eigenvalue weighted by Gasteiger charge is -2.07. The van der Waals surface area contributed by atoms with Crippen LogP contribution in [0.4, 0.5) is 14.5 Å². The van der Waals surface area contributed by atoms with Gasteiger partial charge in [-0.15, -0.1) is 0 Å². The predicted octanol–water partition coefficient (Wildman–Crippen LogP) is 5.17. The zero-order valence-electron chi connectivity index (χ0n) is 15.3. The van der Waals surface area contributed by atoms with Crippen LogP contribution in [0.5, 0.6) is 5.75 Å². The summed E-state index contributed by atoms with van der Waals surface area (Å²) in [6, 6.07) is 16.3. The average molecular weight is 409 g/mol. The number of halogens is 2.